The second-order valence-electron chi connectivity index (χ2n) is 3.59. The van der Waals surface area contributed by atoms with Crippen LogP contribution in [0.15, 0.2) is 25.3 Å². The van der Waals surface area contributed by atoms with Gasteiger partial charge in [0.05, 0.1) is 5.92 Å². The number of fused-ring (bicyclic) bond motifs is 1. The standard InChI is InChI=1S/C10H13NO/c1-3-6-5-7(4-2)9-8(6)10(12)11-9/h3-4,6-9H,1-2,5H2,(H,11,12)/t6-,7+,8+,9-/m0/s1. The van der Waals surface area contributed by atoms with Gasteiger partial charge in [0.1, 0.15) is 0 Å². The molecule has 0 aromatic rings. The molecule has 12 heavy (non-hydrogen) atoms. The minimum atomic E-state index is 0.186. The van der Waals surface area contributed by atoms with E-state index in [0.717, 1.165) is 6.42 Å². The van der Waals surface area contributed by atoms with E-state index in [0.29, 0.717) is 17.9 Å². The second-order valence-corrected chi connectivity index (χ2v) is 3.59. The molecular formula is C10H13NO. The van der Waals surface area contributed by atoms with Crippen molar-refractivity contribution < 1.29 is 4.79 Å². The molecule has 1 saturated heterocycles. The molecule has 1 aliphatic heterocycles. The van der Waals surface area contributed by atoms with Gasteiger partial charge in [0.15, 0.2) is 0 Å². The highest BCUT2D eigenvalue weighted by atomic mass is 16.2. The Hall–Kier alpha value is -1.05. The Balaban J connectivity index is 2.18. The Bertz CT molecular complexity index is 246. The number of carbonyl (C=O) groups is 1. The van der Waals surface area contributed by atoms with E-state index in [9.17, 15) is 4.79 Å². The number of hydrogen-bond acceptors (Lipinski definition) is 1. The van der Waals surface area contributed by atoms with Gasteiger partial charge in [0.25, 0.3) is 0 Å². The molecule has 0 bridgehead atoms. The molecule has 2 rings (SSSR count). The van der Waals surface area contributed by atoms with Gasteiger partial charge in [-0.2, -0.15) is 0 Å². The minimum Gasteiger partial charge on any atom is -0.352 e. The van der Waals surface area contributed by atoms with E-state index in [2.05, 4.69) is 18.5 Å². The molecule has 1 heterocycles. The molecule has 1 N–H and O–H groups in total. The Kier molecular flexibility index (Phi) is 1.56. The third-order valence-corrected chi connectivity index (χ3v) is 3.07. The quantitative estimate of drug-likeness (QED) is 0.479. The second kappa shape index (κ2) is 2.47. The fourth-order valence-corrected chi connectivity index (χ4v) is 2.34. The van der Waals surface area contributed by atoms with Crippen LogP contribution in [0.25, 0.3) is 0 Å². The van der Waals surface area contributed by atoms with Crippen LogP contribution in [0, 0.1) is 17.8 Å². The number of rotatable bonds is 2. The van der Waals surface area contributed by atoms with Crippen LogP contribution in [0.2, 0.25) is 0 Å². The molecule has 2 fully saturated rings. The summed E-state index contributed by atoms with van der Waals surface area (Å²) in [6, 6.07) is 0.345. The zero-order chi connectivity index (χ0) is 8.72. The Labute approximate surface area is 72.3 Å². The average molecular weight is 163 g/mol. The van der Waals surface area contributed by atoms with Crippen molar-refractivity contribution in [3.63, 3.8) is 0 Å². The fourth-order valence-electron chi connectivity index (χ4n) is 2.34. The number of hydrogen-bond donors (Lipinski definition) is 1. The minimum absolute atomic E-state index is 0.186. The van der Waals surface area contributed by atoms with E-state index in [4.69, 9.17) is 0 Å². The predicted octanol–water partition coefficient (Wildman–Crippen LogP) is 1.11. The maximum absolute atomic E-state index is 11.1. The first-order valence-corrected chi connectivity index (χ1v) is 4.33. The van der Waals surface area contributed by atoms with E-state index >= 15 is 0 Å². The zero-order valence-electron chi connectivity index (χ0n) is 6.99. The normalized spacial score (nSPS) is 44.2. The van der Waals surface area contributed by atoms with Crippen LogP contribution in [0.5, 0.6) is 0 Å². The van der Waals surface area contributed by atoms with E-state index < -0.39 is 0 Å². The Morgan fingerprint density at radius 3 is 2.42 bits per heavy atom. The molecule has 2 heteroatoms. The summed E-state index contributed by atoms with van der Waals surface area (Å²) in [5.74, 6) is 1.20. The average Bonchev–Trinajstić information content (AvgIpc) is 2.36. The number of amides is 1. The van der Waals surface area contributed by atoms with Crippen molar-refractivity contribution in [2.75, 3.05) is 0 Å². The molecule has 0 unspecified atom stereocenters. The molecule has 0 spiro atoms. The lowest BCUT2D eigenvalue weighted by Crippen LogP contribution is -2.58. The smallest absolute Gasteiger partial charge is 0.226 e. The van der Waals surface area contributed by atoms with Crippen LogP contribution >= 0.6 is 0 Å². The maximum Gasteiger partial charge on any atom is 0.226 e. The number of nitrogens with one attached hydrogen (secondary N) is 1. The molecule has 0 aromatic carbocycles. The van der Waals surface area contributed by atoms with Gasteiger partial charge in [-0.15, -0.1) is 13.2 Å². The maximum atomic E-state index is 11.1. The van der Waals surface area contributed by atoms with Gasteiger partial charge in [-0.05, 0) is 18.3 Å². The number of β-lactam (4-membered cyclic amide) rings is 1. The van der Waals surface area contributed by atoms with Gasteiger partial charge in [0, 0.05) is 6.04 Å². The van der Waals surface area contributed by atoms with E-state index in [-0.39, 0.29) is 11.8 Å². The van der Waals surface area contributed by atoms with Crippen LogP contribution in [0.4, 0.5) is 0 Å². The van der Waals surface area contributed by atoms with Gasteiger partial charge in [-0.25, -0.2) is 0 Å². The Morgan fingerprint density at radius 2 is 2.00 bits per heavy atom. The van der Waals surface area contributed by atoms with Crippen molar-refractivity contribution in [2.45, 2.75) is 12.5 Å². The summed E-state index contributed by atoms with van der Waals surface area (Å²) in [6.45, 7) is 7.52. The molecule has 1 saturated carbocycles. The van der Waals surface area contributed by atoms with Gasteiger partial charge in [0.2, 0.25) is 5.91 Å². The molecule has 1 amide bonds. The lowest BCUT2D eigenvalue weighted by Gasteiger charge is -2.35. The molecule has 2 aliphatic rings. The highest BCUT2D eigenvalue weighted by molar-refractivity contribution is 5.87. The number of carbonyl (C=O) groups excluding carboxylic acids is 1. The lowest BCUT2D eigenvalue weighted by atomic mass is 9.85. The molecule has 1 aliphatic carbocycles. The third kappa shape index (κ3) is 0.779. The van der Waals surface area contributed by atoms with Gasteiger partial charge in [-0.1, -0.05) is 12.2 Å². The van der Waals surface area contributed by atoms with Crippen molar-refractivity contribution in [1.29, 1.82) is 0 Å². The van der Waals surface area contributed by atoms with Crippen LogP contribution in [-0.2, 0) is 4.79 Å². The fraction of sp³-hybridized carbons (Fsp3) is 0.500. The first-order chi connectivity index (χ1) is 5.77. The predicted molar refractivity (Wildman–Crippen MR) is 47.4 cm³/mol. The number of allylic oxidation sites excluding steroid dienone is 1. The summed E-state index contributed by atoms with van der Waals surface area (Å²) in [4.78, 5) is 11.1. The summed E-state index contributed by atoms with van der Waals surface area (Å²) in [6.07, 6.45) is 4.88. The van der Waals surface area contributed by atoms with Crippen LogP contribution in [0.1, 0.15) is 6.42 Å². The monoisotopic (exact) mass is 163 g/mol. The molecule has 0 radical (unpaired) electrons. The van der Waals surface area contributed by atoms with Crippen LogP contribution < -0.4 is 5.32 Å². The van der Waals surface area contributed by atoms with Crippen molar-refractivity contribution in [3.8, 4) is 0 Å². The third-order valence-electron chi connectivity index (χ3n) is 3.07. The Morgan fingerprint density at radius 1 is 1.33 bits per heavy atom. The summed E-state index contributed by atoms with van der Waals surface area (Å²) >= 11 is 0. The highest BCUT2D eigenvalue weighted by Crippen LogP contribution is 2.42. The topological polar surface area (TPSA) is 29.1 Å². The van der Waals surface area contributed by atoms with Crippen LogP contribution in [-0.4, -0.2) is 11.9 Å². The molecule has 4 atom stereocenters. The van der Waals surface area contributed by atoms with E-state index in [1.165, 1.54) is 0 Å². The first kappa shape index (κ1) is 7.59. The van der Waals surface area contributed by atoms with E-state index in [1.807, 2.05) is 12.2 Å². The first-order valence-electron chi connectivity index (χ1n) is 4.33. The largest absolute Gasteiger partial charge is 0.352 e. The molecular weight excluding hydrogens is 150 g/mol. The SMILES string of the molecule is C=C[C@@H]1C[C@H](C=C)[C@H]2C(=O)N[C@H]21. The summed E-state index contributed by atoms with van der Waals surface area (Å²) in [5, 5.41) is 2.91. The molecule has 2 nitrogen and oxygen atoms in total. The van der Waals surface area contributed by atoms with Crippen molar-refractivity contribution >= 4 is 5.91 Å². The summed E-state index contributed by atoms with van der Waals surface area (Å²) in [5.41, 5.74) is 0. The van der Waals surface area contributed by atoms with Crippen molar-refractivity contribution in [3.05, 3.63) is 25.3 Å². The highest BCUT2D eigenvalue weighted by Gasteiger charge is 2.52. The van der Waals surface area contributed by atoms with Crippen molar-refractivity contribution in [2.24, 2.45) is 17.8 Å². The summed E-state index contributed by atoms with van der Waals surface area (Å²) in [7, 11) is 0. The molecule has 64 valence electrons. The zero-order valence-corrected chi connectivity index (χ0v) is 6.99. The van der Waals surface area contributed by atoms with Crippen LogP contribution in [0.3, 0.4) is 0 Å². The van der Waals surface area contributed by atoms with Gasteiger partial charge < -0.3 is 5.32 Å². The lowest BCUT2D eigenvalue weighted by molar-refractivity contribution is -0.135. The van der Waals surface area contributed by atoms with E-state index in [1.54, 1.807) is 0 Å². The van der Waals surface area contributed by atoms with Crippen molar-refractivity contribution in [1.82, 2.24) is 5.32 Å². The van der Waals surface area contributed by atoms with Gasteiger partial charge >= 0.3 is 0 Å². The van der Waals surface area contributed by atoms with Gasteiger partial charge in [-0.3, -0.25) is 4.79 Å². The molecule has 0 aromatic heterocycles. The summed E-state index contributed by atoms with van der Waals surface area (Å²) < 4.78 is 0.